The summed E-state index contributed by atoms with van der Waals surface area (Å²) in [6.07, 6.45) is 0. The molecular weight excluding hydrogens is 326 g/mol. The summed E-state index contributed by atoms with van der Waals surface area (Å²) in [5.41, 5.74) is 0. The fourth-order valence-electron chi connectivity index (χ4n) is 0. The van der Waals surface area contributed by atoms with Crippen molar-refractivity contribution < 1.29 is 31.1 Å². The van der Waals surface area contributed by atoms with Crippen molar-refractivity contribution in [2.24, 2.45) is 0 Å². The third-order valence-electron chi connectivity index (χ3n) is 0. The van der Waals surface area contributed by atoms with Crippen LogP contribution >= 0.6 is 0 Å². The van der Waals surface area contributed by atoms with Crippen LogP contribution in [0.5, 0.6) is 0 Å². The zero-order chi connectivity index (χ0) is 4.50. The van der Waals surface area contributed by atoms with Crippen LogP contribution in [0.25, 0.3) is 0 Å². The van der Waals surface area contributed by atoms with Crippen LogP contribution in [0.2, 0.25) is 0 Å². The first-order valence-electron chi connectivity index (χ1n) is 0.698. The molecule has 0 bridgehead atoms. The molecule has 0 rings (SSSR count). The van der Waals surface area contributed by atoms with Gasteiger partial charge < -0.3 is 0 Å². The molecule has 0 aromatic heterocycles. The third-order valence-corrected chi connectivity index (χ3v) is 0. The van der Waals surface area contributed by atoms with Crippen molar-refractivity contribution in [2.75, 3.05) is 0 Å². The van der Waals surface area contributed by atoms with E-state index in [9.17, 15) is 0 Å². The molecule has 2 radical (unpaired) electrons. The molecule has 0 aromatic rings. The van der Waals surface area contributed by atoms with Gasteiger partial charge in [-0.2, -0.15) is 0 Å². The average Bonchev–Trinajstić information content (AvgIpc) is 0.722. The van der Waals surface area contributed by atoms with Gasteiger partial charge in [0.2, 0.25) is 0 Å². The van der Waals surface area contributed by atoms with E-state index in [2.05, 4.69) is 0 Å². The first kappa shape index (κ1) is 16.8. The van der Waals surface area contributed by atoms with Gasteiger partial charge in [-0.15, -0.1) is 0 Å². The Bertz CT molecular complexity index is 92.9. The number of hydrogen-bond donors (Lipinski definition) is 2. The molecule has 34 valence electrons. The molecule has 0 unspecified atom stereocenters. The quantitative estimate of drug-likeness (QED) is 0.499. The molecule has 2 N–H and O–H groups in total. The molecule has 0 atom stereocenters. The summed E-state index contributed by atoms with van der Waals surface area (Å²) in [4.78, 5) is 0. The zero-order valence-corrected chi connectivity index (χ0v) is 13.3. The van der Waals surface area contributed by atoms with E-state index in [4.69, 9.17) is 14.3 Å². The molecule has 0 aliphatic heterocycles. The van der Waals surface area contributed by atoms with Crippen LogP contribution in [-0.4, -0.2) is 110 Å². The van der Waals surface area contributed by atoms with Crippen molar-refractivity contribution in [3.8, 4) is 0 Å². The van der Waals surface area contributed by atoms with E-state index in [0.717, 1.165) is 0 Å². The second kappa shape index (κ2) is 7.59. The molecule has 0 aromatic carbocycles. The molecule has 0 heterocycles. The first-order chi connectivity index (χ1) is 2.00. The summed E-state index contributed by atoms with van der Waals surface area (Å²) in [6.45, 7) is 0. The molecular formula is H2K2O4W. The molecule has 4 nitrogen and oxygen atoms in total. The summed E-state index contributed by atoms with van der Waals surface area (Å²) in [6, 6.07) is 0. The van der Waals surface area contributed by atoms with E-state index < -0.39 is 16.7 Å². The topological polar surface area (TPSA) is 74.6 Å². The van der Waals surface area contributed by atoms with Crippen LogP contribution in [0.1, 0.15) is 0 Å². The minimum atomic E-state index is -5.67. The Morgan fingerprint density at radius 2 is 1.00 bits per heavy atom. The van der Waals surface area contributed by atoms with E-state index >= 15 is 0 Å². The summed E-state index contributed by atoms with van der Waals surface area (Å²) in [5, 5.41) is 0. The second-order valence-corrected chi connectivity index (χ2v) is 3.67. The Kier molecular flexibility index (Phi) is 18.2. The van der Waals surface area contributed by atoms with Gasteiger partial charge in [-0.3, -0.25) is 0 Å². The van der Waals surface area contributed by atoms with Gasteiger partial charge in [0.1, 0.15) is 0 Å². The Morgan fingerprint density at radius 1 is 1.00 bits per heavy atom. The minimum absolute atomic E-state index is 0. The van der Waals surface area contributed by atoms with Gasteiger partial charge in [-0.25, -0.2) is 0 Å². The normalized spacial score (nSPS) is 8.29. The Morgan fingerprint density at radius 3 is 1.00 bits per heavy atom. The predicted octanol–water partition coefficient (Wildman–Crippen LogP) is -2.12. The van der Waals surface area contributed by atoms with Crippen molar-refractivity contribution >= 4 is 103 Å². The predicted molar refractivity (Wildman–Crippen MR) is 17.3 cm³/mol. The first-order valence-corrected chi connectivity index (χ1v) is 5.72. The molecule has 0 aliphatic rings. The van der Waals surface area contributed by atoms with E-state index in [-0.39, 0.29) is 103 Å². The Hall–Kier alpha value is 3.48. The van der Waals surface area contributed by atoms with Crippen LogP contribution in [0, 0.1) is 0 Å². The van der Waals surface area contributed by atoms with Crippen molar-refractivity contribution in [2.45, 2.75) is 0 Å². The van der Waals surface area contributed by atoms with E-state index in [1.54, 1.807) is 0 Å². The fourth-order valence-corrected chi connectivity index (χ4v) is 0. The summed E-state index contributed by atoms with van der Waals surface area (Å²) in [7, 11) is 0. The summed E-state index contributed by atoms with van der Waals surface area (Å²) in [5.74, 6) is 0. The molecule has 0 saturated carbocycles. The van der Waals surface area contributed by atoms with Crippen molar-refractivity contribution in [3.63, 3.8) is 0 Å². The Balaban J connectivity index is -0.0000000800. The van der Waals surface area contributed by atoms with Gasteiger partial charge in [0.05, 0.1) is 0 Å². The molecule has 0 fully saturated rings. The number of rotatable bonds is 0. The Labute approximate surface area is 130 Å². The van der Waals surface area contributed by atoms with Crippen LogP contribution in [0.4, 0.5) is 0 Å². The third kappa shape index (κ3) is 43.8. The van der Waals surface area contributed by atoms with E-state index in [1.807, 2.05) is 0 Å². The van der Waals surface area contributed by atoms with Gasteiger partial charge in [0.25, 0.3) is 0 Å². The molecule has 7 heavy (non-hydrogen) atoms. The molecule has 0 amide bonds. The standard InChI is InChI=1S/2K.2H2O.2O.W/h;;2*1H2;;;/q;;;;;;+2/p-2. The van der Waals surface area contributed by atoms with Crippen LogP contribution in [-0.2, 0) is 23.5 Å². The molecule has 7 heteroatoms. The van der Waals surface area contributed by atoms with Gasteiger partial charge in [0, 0.05) is 103 Å². The van der Waals surface area contributed by atoms with Crippen LogP contribution in [0.15, 0.2) is 0 Å². The maximum absolute atomic E-state index is 8.87. The summed E-state index contributed by atoms with van der Waals surface area (Å²) >= 11 is -5.67. The average molecular weight is 328 g/mol. The van der Waals surface area contributed by atoms with E-state index in [1.165, 1.54) is 0 Å². The van der Waals surface area contributed by atoms with Crippen molar-refractivity contribution in [1.82, 2.24) is 0 Å². The van der Waals surface area contributed by atoms with Gasteiger partial charge in [-0.1, -0.05) is 0 Å². The maximum atomic E-state index is 8.87. The van der Waals surface area contributed by atoms with Crippen LogP contribution < -0.4 is 0 Å². The second-order valence-electron chi connectivity index (χ2n) is 0.448. The van der Waals surface area contributed by atoms with Gasteiger partial charge >= 0.3 is 31.1 Å². The van der Waals surface area contributed by atoms with Crippen molar-refractivity contribution in [1.29, 1.82) is 0 Å². The van der Waals surface area contributed by atoms with E-state index in [0.29, 0.717) is 0 Å². The van der Waals surface area contributed by atoms with Gasteiger partial charge in [-0.05, 0) is 0 Å². The molecule has 0 spiro atoms. The molecule has 0 saturated heterocycles. The molecule has 0 aliphatic carbocycles. The zero-order valence-electron chi connectivity index (χ0n) is 4.12. The number of hydrogen-bond acceptors (Lipinski definition) is 2. The summed E-state index contributed by atoms with van der Waals surface area (Å²) < 4.78 is 32.1. The SMILES string of the molecule is [K].[K].[O]=[W](=[O])([OH])[OH]. The fraction of sp³-hybridized carbons (Fsp3) is 0. The monoisotopic (exact) mass is 328 g/mol. The van der Waals surface area contributed by atoms with Crippen LogP contribution in [0.3, 0.4) is 0 Å². The van der Waals surface area contributed by atoms with Gasteiger partial charge in [0.15, 0.2) is 0 Å². The van der Waals surface area contributed by atoms with Crippen molar-refractivity contribution in [3.05, 3.63) is 0 Å².